The highest BCUT2D eigenvalue weighted by Crippen LogP contribution is 2.23. The minimum Gasteiger partial charge on any atom is -0.481 e. The molecule has 1 heterocycles. The number of nitrogens with zero attached hydrogens (tertiary/aromatic N) is 1. The second-order valence-corrected chi connectivity index (χ2v) is 7.00. The van der Waals surface area contributed by atoms with E-state index in [2.05, 4.69) is 5.32 Å². The zero-order valence-electron chi connectivity index (χ0n) is 17.2. The van der Waals surface area contributed by atoms with Crippen LogP contribution in [-0.4, -0.2) is 54.5 Å². The number of benzene rings is 2. The van der Waals surface area contributed by atoms with Crippen molar-refractivity contribution in [3.8, 4) is 16.9 Å². The van der Waals surface area contributed by atoms with E-state index in [0.29, 0.717) is 18.8 Å². The van der Waals surface area contributed by atoms with Crippen LogP contribution in [0.4, 0.5) is 0 Å². The molecular weight excluding hydrogens is 384 g/mol. The predicted molar refractivity (Wildman–Crippen MR) is 112 cm³/mol. The average Bonchev–Trinajstić information content (AvgIpc) is 2.76. The molecule has 0 aromatic heterocycles. The van der Waals surface area contributed by atoms with Gasteiger partial charge in [0.25, 0.3) is 5.91 Å². The first kappa shape index (κ1) is 21.4. The number of hydrogen-bond acceptors (Lipinski definition) is 5. The first-order chi connectivity index (χ1) is 14.5. The van der Waals surface area contributed by atoms with Gasteiger partial charge in [-0.1, -0.05) is 42.5 Å². The lowest BCUT2D eigenvalue weighted by atomic mass is 10.1. The van der Waals surface area contributed by atoms with Gasteiger partial charge in [0.15, 0.2) is 6.10 Å². The van der Waals surface area contributed by atoms with Crippen molar-refractivity contribution in [3.63, 3.8) is 0 Å². The second kappa shape index (κ2) is 9.91. The van der Waals surface area contributed by atoms with Gasteiger partial charge in [0.05, 0.1) is 13.0 Å². The van der Waals surface area contributed by atoms with Crippen molar-refractivity contribution in [2.45, 2.75) is 32.4 Å². The maximum Gasteiger partial charge on any atom is 0.308 e. The molecule has 0 spiro atoms. The van der Waals surface area contributed by atoms with E-state index >= 15 is 0 Å². The molecule has 1 fully saturated rings. The largest absolute Gasteiger partial charge is 0.481 e. The smallest absolute Gasteiger partial charge is 0.308 e. The summed E-state index contributed by atoms with van der Waals surface area (Å²) in [6, 6.07) is 16.5. The van der Waals surface area contributed by atoms with Crippen LogP contribution in [-0.2, 0) is 19.1 Å². The number of piperazine rings is 1. The fourth-order valence-electron chi connectivity index (χ4n) is 3.40. The first-order valence-corrected chi connectivity index (χ1v) is 10.1. The Balaban J connectivity index is 1.66. The number of nitrogens with one attached hydrogen (secondary N) is 1. The molecule has 3 rings (SSSR count). The van der Waals surface area contributed by atoms with Crippen LogP contribution in [0, 0.1) is 0 Å². The first-order valence-electron chi connectivity index (χ1n) is 10.1. The highest BCUT2D eigenvalue weighted by Gasteiger charge is 2.37. The molecule has 2 aromatic rings. The van der Waals surface area contributed by atoms with Gasteiger partial charge in [0.1, 0.15) is 11.8 Å². The van der Waals surface area contributed by atoms with Gasteiger partial charge in [0.2, 0.25) is 5.91 Å². The fraction of sp³-hybridized carbons (Fsp3) is 0.348. The lowest BCUT2D eigenvalue weighted by Gasteiger charge is -2.36. The maximum absolute atomic E-state index is 13.0. The Hall–Kier alpha value is -3.35. The fourth-order valence-corrected chi connectivity index (χ4v) is 3.40. The molecule has 0 aliphatic carbocycles. The molecule has 2 aromatic carbocycles. The van der Waals surface area contributed by atoms with E-state index in [1.807, 2.05) is 54.6 Å². The third-order valence-corrected chi connectivity index (χ3v) is 4.90. The number of ether oxygens (including phenoxy) is 2. The van der Waals surface area contributed by atoms with Crippen molar-refractivity contribution in [1.82, 2.24) is 10.2 Å². The number of hydrogen-bond donors (Lipinski definition) is 1. The molecule has 2 amide bonds. The van der Waals surface area contributed by atoms with E-state index in [1.54, 1.807) is 13.8 Å². The molecule has 1 saturated heterocycles. The summed E-state index contributed by atoms with van der Waals surface area (Å²) in [5.41, 5.74) is 2.14. The van der Waals surface area contributed by atoms with Gasteiger partial charge in [-0.05, 0) is 37.1 Å². The van der Waals surface area contributed by atoms with E-state index in [-0.39, 0.29) is 24.8 Å². The number of rotatable bonds is 7. The average molecular weight is 410 g/mol. The van der Waals surface area contributed by atoms with Gasteiger partial charge in [0, 0.05) is 13.1 Å². The number of amides is 2. The van der Waals surface area contributed by atoms with Crippen LogP contribution in [0.15, 0.2) is 54.6 Å². The Bertz CT molecular complexity index is 882. The molecule has 0 saturated carbocycles. The van der Waals surface area contributed by atoms with Gasteiger partial charge in [-0.15, -0.1) is 0 Å². The van der Waals surface area contributed by atoms with E-state index in [1.165, 1.54) is 4.90 Å². The van der Waals surface area contributed by atoms with Crippen molar-refractivity contribution in [1.29, 1.82) is 0 Å². The van der Waals surface area contributed by atoms with Crippen molar-refractivity contribution >= 4 is 17.8 Å². The zero-order chi connectivity index (χ0) is 21.5. The van der Waals surface area contributed by atoms with Crippen LogP contribution in [0.25, 0.3) is 11.1 Å². The summed E-state index contributed by atoms with van der Waals surface area (Å²) in [6.07, 6.45) is -0.979. The monoisotopic (exact) mass is 410 g/mol. The molecule has 1 aliphatic rings. The molecule has 30 heavy (non-hydrogen) atoms. The summed E-state index contributed by atoms with van der Waals surface area (Å²) in [5, 5.41) is 2.69. The number of carbonyl (C=O) groups excluding carboxylic acids is 3. The van der Waals surface area contributed by atoms with Crippen molar-refractivity contribution in [2.24, 2.45) is 0 Å². The van der Waals surface area contributed by atoms with Crippen molar-refractivity contribution in [3.05, 3.63) is 54.6 Å². The highest BCUT2D eigenvalue weighted by atomic mass is 16.5. The van der Waals surface area contributed by atoms with Gasteiger partial charge in [-0.25, -0.2) is 0 Å². The predicted octanol–water partition coefficient (Wildman–Crippen LogP) is 2.40. The minimum atomic E-state index is -0.892. The SMILES string of the molecule is CCOC(=O)C[C@H]1C(=O)NCCN1C(=O)[C@H](C)Oc1ccc(-c2ccccc2)cc1. The Morgan fingerprint density at radius 3 is 2.43 bits per heavy atom. The van der Waals surface area contributed by atoms with Crippen molar-refractivity contribution in [2.75, 3.05) is 19.7 Å². The summed E-state index contributed by atoms with van der Waals surface area (Å²) < 4.78 is 10.8. The molecule has 1 aliphatic heterocycles. The molecule has 2 atom stereocenters. The number of esters is 1. The van der Waals surface area contributed by atoms with Crippen LogP contribution in [0.3, 0.4) is 0 Å². The Labute approximate surface area is 176 Å². The molecule has 1 N–H and O–H groups in total. The van der Waals surface area contributed by atoms with Crippen molar-refractivity contribution < 1.29 is 23.9 Å². The molecule has 0 unspecified atom stereocenters. The summed E-state index contributed by atoms with van der Waals surface area (Å²) in [7, 11) is 0. The topological polar surface area (TPSA) is 84.9 Å². The van der Waals surface area contributed by atoms with Crippen LogP contribution in [0.5, 0.6) is 5.75 Å². The van der Waals surface area contributed by atoms with Crippen LogP contribution in [0.1, 0.15) is 20.3 Å². The summed E-state index contributed by atoms with van der Waals surface area (Å²) >= 11 is 0. The third kappa shape index (κ3) is 5.17. The molecule has 7 nitrogen and oxygen atoms in total. The Morgan fingerprint density at radius 2 is 1.77 bits per heavy atom. The van der Waals surface area contributed by atoms with Gasteiger partial charge in [-0.2, -0.15) is 0 Å². The lowest BCUT2D eigenvalue weighted by molar-refractivity contribution is -0.153. The summed E-state index contributed by atoms with van der Waals surface area (Å²) in [6.45, 7) is 4.21. The van der Waals surface area contributed by atoms with Crippen LogP contribution < -0.4 is 10.1 Å². The molecular formula is C23H26N2O5. The van der Waals surface area contributed by atoms with Crippen LogP contribution in [0.2, 0.25) is 0 Å². The quantitative estimate of drug-likeness (QED) is 0.709. The van der Waals surface area contributed by atoms with E-state index in [0.717, 1.165) is 11.1 Å². The van der Waals surface area contributed by atoms with Crippen LogP contribution >= 0.6 is 0 Å². The zero-order valence-corrected chi connectivity index (χ0v) is 17.2. The lowest BCUT2D eigenvalue weighted by Crippen LogP contribution is -2.60. The van der Waals surface area contributed by atoms with E-state index < -0.39 is 18.1 Å². The molecule has 158 valence electrons. The van der Waals surface area contributed by atoms with Gasteiger partial charge >= 0.3 is 5.97 Å². The summed E-state index contributed by atoms with van der Waals surface area (Å²) in [5.74, 6) is -0.658. The standard InChI is InChI=1S/C23H26N2O5/c1-3-29-21(26)15-20-22(27)24-13-14-25(20)23(28)16(2)30-19-11-9-18(10-12-19)17-7-5-4-6-8-17/h4-12,16,20H,3,13-15H2,1-2H3,(H,24,27)/t16-,20-/m0/s1. The highest BCUT2D eigenvalue weighted by molar-refractivity contribution is 5.93. The molecule has 0 bridgehead atoms. The Kier molecular flexibility index (Phi) is 7.06. The molecule has 7 heteroatoms. The third-order valence-electron chi connectivity index (χ3n) is 4.90. The molecule has 0 radical (unpaired) electrons. The maximum atomic E-state index is 13.0. The van der Waals surface area contributed by atoms with Gasteiger partial charge in [-0.3, -0.25) is 14.4 Å². The van der Waals surface area contributed by atoms with E-state index in [9.17, 15) is 14.4 Å². The normalized spacial score (nSPS) is 17.1. The van der Waals surface area contributed by atoms with E-state index in [4.69, 9.17) is 9.47 Å². The Morgan fingerprint density at radius 1 is 1.10 bits per heavy atom. The summed E-state index contributed by atoms with van der Waals surface area (Å²) in [4.78, 5) is 38.5. The minimum absolute atomic E-state index is 0.177. The number of carbonyl (C=O) groups is 3. The second-order valence-electron chi connectivity index (χ2n) is 7.00. The van der Waals surface area contributed by atoms with Gasteiger partial charge < -0.3 is 19.7 Å².